The third-order valence-electron chi connectivity index (χ3n) is 3.37. The lowest BCUT2D eigenvalue weighted by molar-refractivity contribution is 0.834. The van der Waals surface area contributed by atoms with Crippen LogP contribution in [0.5, 0.6) is 0 Å². The van der Waals surface area contributed by atoms with Gasteiger partial charge in [-0.15, -0.1) is 0 Å². The van der Waals surface area contributed by atoms with Gasteiger partial charge in [-0.05, 0) is 38.1 Å². The van der Waals surface area contributed by atoms with Crippen LogP contribution in [0.15, 0.2) is 48.7 Å². The highest BCUT2D eigenvalue weighted by molar-refractivity contribution is 5.76. The number of para-hydroxylation sites is 1. The van der Waals surface area contributed by atoms with Gasteiger partial charge in [0, 0.05) is 11.8 Å². The average Bonchev–Trinajstić information content (AvgIpc) is 2.76. The SMILES string of the molecule is Cc1nn(-c2ccccc2)c(C)c1-c1ncccc1N. The van der Waals surface area contributed by atoms with Crippen LogP contribution >= 0.6 is 0 Å². The monoisotopic (exact) mass is 264 g/mol. The number of rotatable bonds is 2. The molecule has 0 fully saturated rings. The van der Waals surface area contributed by atoms with Crippen LogP contribution in [0, 0.1) is 13.8 Å². The molecule has 3 aromatic rings. The normalized spacial score (nSPS) is 10.7. The summed E-state index contributed by atoms with van der Waals surface area (Å²) in [6.07, 6.45) is 1.75. The van der Waals surface area contributed by atoms with Crippen LogP contribution in [0.1, 0.15) is 11.4 Å². The van der Waals surface area contributed by atoms with E-state index in [1.54, 1.807) is 6.20 Å². The third kappa shape index (κ3) is 1.95. The Kier molecular flexibility index (Phi) is 2.99. The predicted octanol–water partition coefficient (Wildman–Crippen LogP) is 3.13. The summed E-state index contributed by atoms with van der Waals surface area (Å²) in [4.78, 5) is 4.40. The fraction of sp³-hybridized carbons (Fsp3) is 0.125. The Bertz CT molecular complexity index is 744. The molecule has 100 valence electrons. The van der Waals surface area contributed by atoms with Crippen molar-refractivity contribution >= 4 is 5.69 Å². The zero-order chi connectivity index (χ0) is 14.1. The summed E-state index contributed by atoms with van der Waals surface area (Å²) in [5, 5.41) is 4.62. The minimum atomic E-state index is 0.673. The van der Waals surface area contributed by atoms with E-state index in [2.05, 4.69) is 10.1 Å². The summed E-state index contributed by atoms with van der Waals surface area (Å²) in [6, 6.07) is 13.8. The number of nitrogens with two attached hydrogens (primary N) is 1. The highest BCUT2D eigenvalue weighted by atomic mass is 15.3. The van der Waals surface area contributed by atoms with Gasteiger partial charge in [-0.3, -0.25) is 4.98 Å². The van der Waals surface area contributed by atoms with E-state index >= 15 is 0 Å². The first-order chi connectivity index (χ1) is 9.68. The molecule has 0 saturated carbocycles. The van der Waals surface area contributed by atoms with Gasteiger partial charge >= 0.3 is 0 Å². The number of benzene rings is 1. The van der Waals surface area contributed by atoms with Gasteiger partial charge in [-0.25, -0.2) is 4.68 Å². The number of hydrogen-bond donors (Lipinski definition) is 1. The maximum atomic E-state index is 6.04. The average molecular weight is 264 g/mol. The maximum Gasteiger partial charge on any atom is 0.0968 e. The number of nitrogens with zero attached hydrogens (tertiary/aromatic N) is 3. The molecule has 0 saturated heterocycles. The van der Waals surface area contributed by atoms with Gasteiger partial charge < -0.3 is 5.73 Å². The lowest BCUT2D eigenvalue weighted by atomic mass is 10.1. The van der Waals surface area contributed by atoms with Gasteiger partial charge in [0.15, 0.2) is 0 Å². The first-order valence-corrected chi connectivity index (χ1v) is 6.51. The quantitative estimate of drug-likeness (QED) is 0.773. The van der Waals surface area contributed by atoms with E-state index in [9.17, 15) is 0 Å². The third-order valence-corrected chi connectivity index (χ3v) is 3.37. The predicted molar refractivity (Wildman–Crippen MR) is 80.7 cm³/mol. The number of anilines is 1. The molecular formula is C16H16N4. The molecule has 2 aromatic heterocycles. The first kappa shape index (κ1) is 12.4. The van der Waals surface area contributed by atoms with Gasteiger partial charge in [0.05, 0.1) is 28.5 Å². The Balaban J connectivity index is 2.20. The number of pyridine rings is 1. The van der Waals surface area contributed by atoms with E-state index in [1.807, 2.05) is 61.0 Å². The van der Waals surface area contributed by atoms with Crippen molar-refractivity contribution in [1.29, 1.82) is 0 Å². The molecule has 3 rings (SSSR count). The molecule has 0 aliphatic rings. The summed E-state index contributed by atoms with van der Waals surface area (Å²) in [7, 11) is 0. The van der Waals surface area contributed by atoms with Gasteiger partial charge in [0.25, 0.3) is 0 Å². The number of hydrogen-bond acceptors (Lipinski definition) is 3. The molecule has 0 unspecified atom stereocenters. The Labute approximate surface area is 117 Å². The lowest BCUT2D eigenvalue weighted by Crippen LogP contribution is -1.99. The van der Waals surface area contributed by atoms with Crippen molar-refractivity contribution in [3.8, 4) is 16.9 Å². The molecule has 1 aromatic carbocycles. The van der Waals surface area contributed by atoms with Crippen LogP contribution in [0.25, 0.3) is 16.9 Å². The van der Waals surface area contributed by atoms with Crippen molar-refractivity contribution in [1.82, 2.24) is 14.8 Å². The molecule has 2 N–H and O–H groups in total. The minimum absolute atomic E-state index is 0.673. The molecule has 0 atom stereocenters. The molecule has 0 radical (unpaired) electrons. The molecule has 0 bridgehead atoms. The van der Waals surface area contributed by atoms with Crippen LogP contribution in [0.4, 0.5) is 5.69 Å². The van der Waals surface area contributed by atoms with Crippen molar-refractivity contribution in [2.24, 2.45) is 0 Å². The van der Waals surface area contributed by atoms with Crippen LogP contribution in [-0.4, -0.2) is 14.8 Å². The van der Waals surface area contributed by atoms with Crippen molar-refractivity contribution in [2.45, 2.75) is 13.8 Å². The van der Waals surface area contributed by atoms with E-state index in [0.717, 1.165) is 28.3 Å². The van der Waals surface area contributed by atoms with Crippen molar-refractivity contribution < 1.29 is 0 Å². The Morgan fingerprint density at radius 2 is 1.75 bits per heavy atom. The van der Waals surface area contributed by atoms with Crippen molar-refractivity contribution in [3.63, 3.8) is 0 Å². The Hall–Kier alpha value is -2.62. The first-order valence-electron chi connectivity index (χ1n) is 6.51. The largest absolute Gasteiger partial charge is 0.397 e. The second-order valence-corrected chi connectivity index (χ2v) is 4.73. The van der Waals surface area contributed by atoms with Crippen LogP contribution in [0.2, 0.25) is 0 Å². The Morgan fingerprint density at radius 3 is 2.45 bits per heavy atom. The van der Waals surface area contributed by atoms with E-state index in [4.69, 9.17) is 5.73 Å². The summed E-state index contributed by atoms with van der Waals surface area (Å²) in [6.45, 7) is 4.02. The van der Waals surface area contributed by atoms with Gasteiger partial charge in [0.2, 0.25) is 0 Å². The lowest BCUT2D eigenvalue weighted by Gasteiger charge is -2.06. The van der Waals surface area contributed by atoms with Crippen LogP contribution in [-0.2, 0) is 0 Å². The zero-order valence-corrected chi connectivity index (χ0v) is 11.5. The standard InChI is InChI=1S/C16H16N4/c1-11-15(16-14(17)9-6-10-18-16)12(2)20(19-11)13-7-4-3-5-8-13/h3-10H,17H2,1-2H3. The Morgan fingerprint density at radius 1 is 1.00 bits per heavy atom. The minimum Gasteiger partial charge on any atom is -0.397 e. The van der Waals surface area contributed by atoms with Crippen LogP contribution < -0.4 is 5.73 Å². The second-order valence-electron chi connectivity index (χ2n) is 4.73. The number of aromatic nitrogens is 3. The topological polar surface area (TPSA) is 56.7 Å². The van der Waals surface area contributed by atoms with Crippen molar-refractivity contribution in [3.05, 3.63) is 60.0 Å². The molecule has 0 amide bonds. The van der Waals surface area contributed by atoms with E-state index < -0.39 is 0 Å². The summed E-state index contributed by atoms with van der Waals surface area (Å²) >= 11 is 0. The molecular weight excluding hydrogens is 248 g/mol. The van der Waals surface area contributed by atoms with E-state index in [-0.39, 0.29) is 0 Å². The molecule has 0 aliphatic heterocycles. The number of nitrogen functional groups attached to an aromatic ring is 1. The van der Waals surface area contributed by atoms with Gasteiger partial charge in [0.1, 0.15) is 0 Å². The van der Waals surface area contributed by atoms with E-state index in [1.165, 1.54) is 0 Å². The van der Waals surface area contributed by atoms with Crippen molar-refractivity contribution in [2.75, 3.05) is 5.73 Å². The maximum absolute atomic E-state index is 6.04. The van der Waals surface area contributed by atoms with E-state index in [0.29, 0.717) is 5.69 Å². The molecule has 0 aliphatic carbocycles. The highest BCUT2D eigenvalue weighted by Crippen LogP contribution is 2.30. The summed E-state index contributed by atoms with van der Waals surface area (Å²) < 4.78 is 1.93. The fourth-order valence-electron chi connectivity index (χ4n) is 2.43. The molecule has 4 heteroatoms. The zero-order valence-electron chi connectivity index (χ0n) is 11.5. The second kappa shape index (κ2) is 4.81. The van der Waals surface area contributed by atoms with Gasteiger partial charge in [-0.1, -0.05) is 18.2 Å². The molecule has 20 heavy (non-hydrogen) atoms. The molecule has 4 nitrogen and oxygen atoms in total. The molecule has 0 spiro atoms. The number of aryl methyl sites for hydroxylation is 1. The smallest absolute Gasteiger partial charge is 0.0968 e. The highest BCUT2D eigenvalue weighted by Gasteiger charge is 2.17. The fourth-order valence-corrected chi connectivity index (χ4v) is 2.43. The van der Waals surface area contributed by atoms with Crippen LogP contribution in [0.3, 0.4) is 0 Å². The molecule has 2 heterocycles. The van der Waals surface area contributed by atoms with Gasteiger partial charge in [-0.2, -0.15) is 5.10 Å². The summed E-state index contributed by atoms with van der Waals surface area (Å²) in [5.74, 6) is 0. The summed E-state index contributed by atoms with van der Waals surface area (Å²) in [5.41, 5.74) is 11.5.